The summed E-state index contributed by atoms with van der Waals surface area (Å²) in [4.78, 5) is 18.2. The number of halogens is 2. The molecule has 1 amide bonds. The molecule has 0 spiro atoms. The zero-order valence-corrected chi connectivity index (χ0v) is 15.5. The van der Waals surface area contributed by atoms with Gasteiger partial charge in [0.25, 0.3) is 5.91 Å². The van der Waals surface area contributed by atoms with Crippen molar-refractivity contribution in [2.24, 2.45) is 0 Å². The van der Waals surface area contributed by atoms with E-state index in [0.717, 1.165) is 22.2 Å². The van der Waals surface area contributed by atoms with E-state index in [2.05, 4.69) is 4.98 Å². The molecule has 1 aliphatic rings. The normalized spacial score (nSPS) is 16.1. The van der Waals surface area contributed by atoms with E-state index in [9.17, 15) is 13.6 Å². The van der Waals surface area contributed by atoms with Crippen LogP contribution in [0.5, 0.6) is 0 Å². The lowest BCUT2D eigenvalue weighted by Crippen LogP contribution is -2.41. The predicted octanol–water partition coefficient (Wildman–Crippen LogP) is 5.23. The van der Waals surface area contributed by atoms with Crippen LogP contribution >= 0.6 is 0 Å². The number of para-hydroxylation sites is 1. The van der Waals surface area contributed by atoms with Gasteiger partial charge in [-0.05, 0) is 36.2 Å². The Bertz CT molecular complexity index is 1230. The highest BCUT2D eigenvalue weighted by molar-refractivity contribution is 5.96. The number of benzene rings is 3. The second kappa shape index (κ2) is 6.85. The Morgan fingerprint density at radius 2 is 1.59 bits per heavy atom. The van der Waals surface area contributed by atoms with Crippen molar-refractivity contribution >= 4 is 16.8 Å². The van der Waals surface area contributed by atoms with Crippen molar-refractivity contribution in [1.82, 2.24) is 9.88 Å². The Labute approximate surface area is 166 Å². The zero-order chi connectivity index (χ0) is 20.0. The maximum absolute atomic E-state index is 14.8. The molecule has 1 aliphatic heterocycles. The third-order valence-corrected chi connectivity index (χ3v) is 5.60. The first-order valence-electron chi connectivity index (χ1n) is 9.54. The lowest BCUT2D eigenvalue weighted by molar-refractivity contribution is 0.0684. The van der Waals surface area contributed by atoms with Crippen molar-refractivity contribution in [3.63, 3.8) is 0 Å². The molecular weight excluding hydrogens is 370 g/mol. The first kappa shape index (κ1) is 17.6. The molecule has 1 N–H and O–H groups in total. The highest BCUT2D eigenvalue weighted by Crippen LogP contribution is 2.40. The number of rotatable bonds is 2. The van der Waals surface area contributed by atoms with Crippen molar-refractivity contribution < 1.29 is 13.6 Å². The molecule has 2 heterocycles. The average Bonchev–Trinajstić information content (AvgIpc) is 3.12. The summed E-state index contributed by atoms with van der Waals surface area (Å²) in [5, 5.41) is 1.07. The van der Waals surface area contributed by atoms with Gasteiger partial charge < -0.3 is 9.88 Å². The highest BCUT2D eigenvalue weighted by atomic mass is 19.1. The molecule has 1 unspecified atom stereocenters. The number of aromatic nitrogens is 1. The van der Waals surface area contributed by atoms with Crippen LogP contribution < -0.4 is 0 Å². The maximum atomic E-state index is 14.8. The van der Waals surface area contributed by atoms with Gasteiger partial charge in [0.1, 0.15) is 17.7 Å². The van der Waals surface area contributed by atoms with Gasteiger partial charge in [-0.25, -0.2) is 8.78 Å². The lowest BCUT2D eigenvalue weighted by atomic mass is 9.91. The SMILES string of the molecule is O=C(c1ccccc1F)N1CCc2c([nH]c3ccccc23)C1c1ccccc1F. The standard InChI is InChI=1S/C24H18F2N2O/c25-19-10-4-1-8-17(19)23-22-16(15-7-3-6-12-21(15)27-22)13-14-28(23)24(29)18-9-2-5-11-20(18)26/h1-12,23,27H,13-14H2. The molecule has 144 valence electrons. The average molecular weight is 388 g/mol. The number of aromatic amines is 1. The minimum Gasteiger partial charge on any atom is -0.356 e. The van der Waals surface area contributed by atoms with Crippen molar-refractivity contribution in [1.29, 1.82) is 0 Å². The molecule has 0 fully saturated rings. The summed E-state index contributed by atoms with van der Waals surface area (Å²) in [6.45, 7) is 0.376. The molecule has 0 bridgehead atoms. The number of carbonyl (C=O) groups excluding carboxylic acids is 1. The van der Waals surface area contributed by atoms with E-state index in [1.54, 1.807) is 35.2 Å². The molecule has 0 saturated carbocycles. The summed E-state index contributed by atoms with van der Waals surface area (Å²) in [6, 6.07) is 19.6. The van der Waals surface area contributed by atoms with Gasteiger partial charge in [0.2, 0.25) is 0 Å². The van der Waals surface area contributed by atoms with Gasteiger partial charge in [0, 0.05) is 28.7 Å². The molecule has 5 heteroatoms. The van der Waals surface area contributed by atoms with Crippen LogP contribution in [0.2, 0.25) is 0 Å². The largest absolute Gasteiger partial charge is 0.356 e. The van der Waals surface area contributed by atoms with E-state index in [1.165, 1.54) is 18.2 Å². The summed E-state index contributed by atoms with van der Waals surface area (Å²) in [7, 11) is 0. The maximum Gasteiger partial charge on any atom is 0.257 e. The fraction of sp³-hybridized carbons (Fsp3) is 0.125. The first-order chi connectivity index (χ1) is 14.1. The Morgan fingerprint density at radius 3 is 2.38 bits per heavy atom. The summed E-state index contributed by atoms with van der Waals surface area (Å²) >= 11 is 0. The monoisotopic (exact) mass is 388 g/mol. The molecule has 0 saturated heterocycles. The number of fused-ring (bicyclic) bond motifs is 3. The smallest absolute Gasteiger partial charge is 0.257 e. The van der Waals surface area contributed by atoms with E-state index in [-0.39, 0.29) is 5.56 Å². The van der Waals surface area contributed by atoms with Crippen LogP contribution in [-0.2, 0) is 6.42 Å². The van der Waals surface area contributed by atoms with Crippen LogP contribution in [0.25, 0.3) is 10.9 Å². The lowest BCUT2D eigenvalue weighted by Gasteiger charge is -2.36. The predicted molar refractivity (Wildman–Crippen MR) is 108 cm³/mol. The van der Waals surface area contributed by atoms with Crippen LogP contribution in [0, 0.1) is 11.6 Å². The minimum absolute atomic E-state index is 0.00611. The molecule has 3 nitrogen and oxygen atoms in total. The number of hydrogen-bond donors (Lipinski definition) is 1. The van der Waals surface area contributed by atoms with Gasteiger partial charge >= 0.3 is 0 Å². The number of nitrogens with zero attached hydrogens (tertiary/aromatic N) is 1. The second-order valence-electron chi connectivity index (χ2n) is 7.22. The van der Waals surface area contributed by atoms with Gasteiger partial charge in [-0.15, -0.1) is 0 Å². The van der Waals surface area contributed by atoms with E-state index in [0.29, 0.717) is 18.5 Å². The second-order valence-corrected chi connectivity index (χ2v) is 7.22. The number of carbonyl (C=O) groups is 1. The molecule has 3 aromatic carbocycles. The van der Waals surface area contributed by atoms with Gasteiger partial charge in [-0.3, -0.25) is 4.79 Å². The van der Waals surface area contributed by atoms with Crippen molar-refractivity contribution in [3.8, 4) is 0 Å². The fourth-order valence-corrected chi connectivity index (χ4v) is 4.27. The highest BCUT2D eigenvalue weighted by Gasteiger charge is 2.36. The van der Waals surface area contributed by atoms with Crippen LogP contribution in [0.3, 0.4) is 0 Å². The van der Waals surface area contributed by atoms with Crippen LogP contribution in [-0.4, -0.2) is 22.3 Å². The Kier molecular flexibility index (Phi) is 4.16. The molecule has 5 rings (SSSR count). The summed E-state index contributed by atoms with van der Waals surface area (Å²) in [6.07, 6.45) is 0.616. The zero-order valence-electron chi connectivity index (χ0n) is 15.5. The summed E-state index contributed by atoms with van der Waals surface area (Å²) in [5.41, 5.74) is 3.19. The number of H-pyrrole nitrogens is 1. The van der Waals surface area contributed by atoms with Crippen LogP contribution in [0.1, 0.15) is 33.2 Å². The number of amides is 1. The Balaban J connectivity index is 1.70. The van der Waals surface area contributed by atoms with Gasteiger partial charge in [-0.1, -0.05) is 48.5 Å². The summed E-state index contributed by atoms with van der Waals surface area (Å²) < 4.78 is 29.2. The van der Waals surface area contributed by atoms with E-state index in [4.69, 9.17) is 0 Å². The Hall–Kier alpha value is -3.47. The quantitative estimate of drug-likeness (QED) is 0.501. The van der Waals surface area contributed by atoms with Crippen molar-refractivity contribution in [3.05, 3.63) is 107 Å². The molecule has 29 heavy (non-hydrogen) atoms. The van der Waals surface area contributed by atoms with E-state index in [1.807, 2.05) is 24.3 Å². The minimum atomic E-state index is -0.653. The van der Waals surface area contributed by atoms with Gasteiger partial charge in [-0.2, -0.15) is 0 Å². The molecule has 4 aromatic rings. The van der Waals surface area contributed by atoms with Gasteiger partial charge in [0.15, 0.2) is 0 Å². The Morgan fingerprint density at radius 1 is 0.897 bits per heavy atom. The molecule has 0 radical (unpaired) electrons. The summed E-state index contributed by atoms with van der Waals surface area (Å²) in [5.74, 6) is -1.41. The molecule has 0 aliphatic carbocycles. The van der Waals surface area contributed by atoms with Crippen LogP contribution in [0.15, 0.2) is 72.8 Å². The van der Waals surface area contributed by atoms with E-state index >= 15 is 0 Å². The number of nitrogens with one attached hydrogen (secondary N) is 1. The third kappa shape index (κ3) is 2.81. The van der Waals surface area contributed by atoms with E-state index < -0.39 is 23.6 Å². The van der Waals surface area contributed by atoms with Crippen molar-refractivity contribution in [2.45, 2.75) is 12.5 Å². The van der Waals surface area contributed by atoms with Crippen molar-refractivity contribution in [2.75, 3.05) is 6.54 Å². The fourth-order valence-electron chi connectivity index (χ4n) is 4.27. The molecule has 1 aromatic heterocycles. The van der Waals surface area contributed by atoms with Gasteiger partial charge in [0.05, 0.1) is 5.56 Å². The number of hydrogen-bond acceptors (Lipinski definition) is 1. The molecule has 1 atom stereocenters. The van der Waals surface area contributed by atoms with Crippen LogP contribution in [0.4, 0.5) is 8.78 Å². The first-order valence-corrected chi connectivity index (χ1v) is 9.54. The molecular formula is C24H18F2N2O. The third-order valence-electron chi connectivity index (χ3n) is 5.60. The topological polar surface area (TPSA) is 36.1 Å².